The average molecular weight is 577 g/mol. The van der Waals surface area contributed by atoms with Crippen LogP contribution in [0.1, 0.15) is 80.2 Å². The van der Waals surface area contributed by atoms with Crippen LogP contribution in [0.2, 0.25) is 5.02 Å². The van der Waals surface area contributed by atoms with Crippen LogP contribution in [0.4, 0.5) is 10.1 Å². The van der Waals surface area contributed by atoms with Gasteiger partial charge in [-0.1, -0.05) is 48.9 Å². The third-order valence-corrected chi connectivity index (χ3v) is 10.2. The minimum Gasteiger partial charge on any atom is -0.490 e. The molecular formula is C34H38ClFN2O3. The largest absolute Gasteiger partial charge is 0.490 e. The molecule has 41 heavy (non-hydrogen) atoms. The normalized spacial score (nSPS) is 27.6. The quantitative estimate of drug-likeness (QED) is 0.285. The second kappa shape index (κ2) is 11.3. The van der Waals surface area contributed by atoms with Gasteiger partial charge in [0.25, 0.3) is 0 Å². The van der Waals surface area contributed by atoms with E-state index in [2.05, 4.69) is 35.4 Å². The average Bonchev–Trinajstić information content (AvgIpc) is 3.25. The molecule has 0 saturated heterocycles. The van der Waals surface area contributed by atoms with E-state index in [4.69, 9.17) is 16.3 Å². The van der Waals surface area contributed by atoms with Crippen molar-refractivity contribution in [2.45, 2.75) is 87.8 Å². The molecule has 0 bridgehead atoms. The molecule has 6 rings (SSSR count). The van der Waals surface area contributed by atoms with E-state index in [1.165, 1.54) is 11.1 Å². The summed E-state index contributed by atoms with van der Waals surface area (Å²) < 4.78 is 21.9. The minimum atomic E-state index is -1.12. The predicted molar refractivity (Wildman–Crippen MR) is 160 cm³/mol. The van der Waals surface area contributed by atoms with E-state index in [1.807, 2.05) is 24.3 Å². The highest BCUT2D eigenvalue weighted by atomic mass is 35.5. The van der Waals surface area contributed by atoms with E-state index in [-0.39, 0.29) is 17.9 Å². The molecule has 1 aromatic heterocycles. The lowest BCUT2D eigenvalue weighted by atomic mass is 9.60. The number of pyridine rings is 1. The van der Waals surface area contributed by atoms with E-state index in [1.54, 1.807) is 18.3 Å². The number of nitrogens with zero attached hydrogens (tertiary/aromatic N) is 1. The van der Waals surface area contributed by atoms with Crippen LogP contribution in [0.25, 0.3) is 0 Å². The lowest BCUT2D eigenvalue weighted by Crippen LogP contribution is -2.53. The molecule has 1 fully saturated rings. The summed E-state index contributed by atoms with van der Waals surface area (Å²) in [7, 11) is 0. The molecule has 2 aromatic carbocycles. The van der Waals surface area contributed by atoms with Crippen molar-refractivity contribution in [2.24, 2.45) is 5.92 Å². The number of carbonyl (C=O) groups is 1. The lowest BCUT2D eigenvalue weighted by Gasteiger charge is -2.47. The van der Waals surface area contributed by atoms with E-state index < -0.39 is 17.7 Å². The van der Waals surface area contributed by atoms with Gasteiger partial charge >= 0.3 is 5.97 Å². The summed E-state index contributed by atoms with van der Waals surface area (Å²) in [5.74, 6) is 0.360. The fraction of sp³-hybridized carbons (Fsp3) is 0.471. The second-order valence-electron chi connectivity index (χ2n) is 12.3. The topological polar surface area (TPSA) is 71.5 Å². The minimum absolute atomic E-state index is 0.0154. The third kappa shape index (κ3) is 5.31. The summed E-state index contributed by atoms with van der Waals surface area (Å²) in [6.07, 6.45) is 7.28. The maximum Gasteiger partial charge on any atom is 0.329 e. The number of alkyl halides is 1. The number of benzene rings is 2. The molecule has 1 saturated carbocycles. The molecule has 0 aliphatic heterocycles. The van der Waals surface area contributed by atoms with Crippen LogP contribution < -0.4 is 10.1 Å². The zero-order chi connectivity index (χ0) is 28.6. The Morgan fingerprint density at radius 2 is 1.98 bits per heavy atom. The Morgan fingerprint density at radius 3 is 2.76 bits per heavy atom. The second-order valence-corrected chi connectivity index (χ2v) is 12.8. The standard InChI is InChI=1S/C34H38ClFN2O3/c1-22-6-4-11-29-31(22)30(12-17-37-29)41-21-26(36)19-24-18-23-7-2-3-10-28(23)33(24)13-15-34(16-14-33,32(39)40)38-27-9-5-8-25(35)20-27/h2-3,5,7-10,12,17,20,22,24,26,38H,4,6,11,13-16,18-19,21H2,1H3,(H,39,40)/t22-,24?,26+,33?,34?/m0/s1. The van der Waals surface area contributed by atoms with Crippen molar-refractivity contribution in [2.75, 3.05) is 11.9 Å². The highest BCUT2D eigenvalue weighted by Crippen LogP contribution is 2.56. The summed E-state index contributed by atoms with van der Waals surface area (Å²) in [5.41, 5.74) is 4.10. The summed E-state index contributed by atoms with van der Waals surface area (Å²) >= 11 is 6.18. The summed E-state index contributed by atoms with van der Waals surface area (Å²) in [4.78, 5) is 17.2. The SMILES string of the molecule is C[C@H]1CCCc2nccc(OC[C@H](F)CC3Cc4ccccc4C34CCC(Nc3cccc(Cl)c3)(C(=O)O)CC4)c21. The monoisotopic (exact) mass is 576 g/mol. The molecule has 3 aliphatic carbocycles. The Kier molecular flexibility index (Phi) is 7.71. The maximum absolute atomic E-state index is 15.8. The molecule has 0 radical (unpaired) electrons. The molecule has 1 unspecified atom stereocenters. The zero-order valence-electron chi connectivity index (χ0n) is 23.5. The third-order valence-electron chi connectivity index (χ3n) is 9.95. The molecule has 5 nitrogen and oxygen atoms in total. The molecule has 7 heteroatoms. The molecule has 216 valence electrons. The summed E-state index contributed by atoms with van der Waals surface area (Å²) in [5, 5.41) is 14.2. The van der Waals surface area contributed by atoms with Gasteiger partial charge in [-0.2, -0.15) is 0 Å². The summed E-state index contributed by atoms with van der Waals surface area (Å²) in [6, 6.07) is 17.5. The molecule has 1 spiro atoms. The van der Waals surface area contributed by atoms with Gasteiger partial charge in [0.2, 0.25) is 0 Å². The van der Waals surface area contributed by atoms with Crippen LogP contribution in [0.5, 0.6) is 5.75 Å². The number of hydrogen-bond donors (Lipinski definition) is 2. The fourth-order valence-electron chi connectivity index (χ4n) is 7.83. The van der Waals surface area contributed by atoms with Gasteiger partial charge in [-0.15, -0.1) is 0 Å². The van der Waals surface area contributed by atoms with Crippen LogP contribution in [-0.4, -0.2) is 34.4 Å². The first-order valence-electron chi connectivity index (χ1n) is 14.9. The van der Waals surface area contributed by atoms with E-state index >= 15 is 4.39 Å². The van der Waals surface area contributed by atoms with Gasteiger partial charge in [-0.25, -0.2) is 9.18 Å². The number of rotatable bonds is 8. The van der Waals surface area contributed by atoms with E-state index in [0.717, 1.165) is 42.7 Å². The lowest BCUT2D eigenvalue weighted by molar-refractivity contribution is -0.144. The molecule has 3 atom stereocenters. The number of anilines is 1. The maximum atomic E-state index is 15.8. The Hall–Kier alpha value is -3.12. The Morgan fingerprint density at radius 1 is 1.17 bits per heavy atom. The first-order chi connectivity index (χ1) is 19.8. The van der Waals surface area contributed by atoms with E-state index in [9.17, 15) is 9.90 Å². The van der Waals surface area contributed by atoms with Gasteiger partial charge in [0.15, 0.2) is 0 Å². The fourth-order valence-corrected chi connectivity index (χ4v) is 8.03. The molecule has 3 aromatic rings. The molecular weight excluding hydrogens is 539 g/mol. The first kappa shape index (κ1) is 28.0. The zero-order valence-corrected chi connectivity index (χ0v) is 24.3. The smallest absolute Gasteiger partial charge is 0.329 e. The van der Waals surface area contributed by atoms with Crippen molar-refractivity contribution in [1.82, 2.24) is 4.98 Å². The van der Waals surface area contributed by atoms with Crippen LogP contribution in [0.15, 0.2) is 60.8 Å². The van der Waals surface area contributed by atoms with Crippen molar-refractivity contribution >= 4 is 23.3 Å². The van der Waals surface area contributed by atoms with Crippen LogP contribution in [0.3, 0.4) is 0 Å². The van der Waals surface area contributed by atoms with Gasteiger partial charge < -0.3 is 15.2 Å². The molecule has 1 heterocycles. The van der Waals surface area contributed by atoms with Crippen molar-refractivity contribution in [1.29, 1.82) is 0 Å². The predicted octanol–water partition coefficient (Wildman–Crippen LogP) is 7.90. The number of aliphatic carboxylic acids is 1. The number of aromatic nitrogens is 1. The molecule has 2 N–H and O–H groups in total. The van der Waals surface area contributed by atoms with Crippen molar-refractivity contribution < 1.29 is 19.0 Å². The highest BCUT2D eigenvalue weighted by molar-refractivity contribution is 6.30. The van der Waals surface area contributed by atoms with Gasteiger partial charge in [0, 0.05) is 28.2 Å². The Balaban J connectivity index is 1.19. The van der Waals surface area contributed by atoms with Crippen molar-refractivity contribution in [3.8, 4) is 5.75 Å². The van der Waals surface area contributed by atoms with Gasteiger partial charge in [0.1, 0.15) is 24.1 Å². The number of fused-ring (bicyclic) bond motifs is 3. The van der Waals surface area contributed by atoms with Crippen LogP contribution in [-0.2, 0) is 23.1 Å². The number of hydrogen-bond acceptors (Lipinski definition) is 4. The van der Waals surface area contributed by atoms with Gasteiger partial charge in [-0.3, -0.25) is 4.98 Å². The van der Waals surface area contributed by atoms with Crippen LogP contribution >= 0.6 is 11.6 Å². The van der Waals surface area contributed by atoms with Crippen molar-refractivity contribution in [3.05, 3.63) is 88.2 Å². The Labute approximate surface area is 246 Å². The number of aryl methyl sites for hydroxylation is 1. The molecule has 0 amide bonds. The number of carboxylic acid groups (broad SMARTS) is 1. The highest BCUT2D eigenvalue weighted by Gasteiger charge is 2.54. The van der Waals surface area contributed by atoms with Gasteiger partial charge in [-0.05, 0) is 110 Å². The number of halogens is 2. The molecule has 3 aliphatic rings. The number of nitrogens with one attached hydrogen (secondary N) is 1. The number of ether oxygens (including phenoxy) is 1. The van der Waals surface area contributed by atoms with Gasteiger partial charge in [0.05, 0.1) is 0 Å². The van der Waals surface area contributed by atoms with Crippen molar-refractivity contribution in [3.63, 3.8) is 0 Å². The van der Waals surface area contributed by atoms with E-state index in [0.29, 0.717) is 48.7 Å². The first-order valence-corrected chi connectivity index (χ1v) is 15.3. The number of carboxylic acids is 1. The van der Waals surface area contributed by atoms with Crippen LogP contribution in [0, 0.1) is 5.92 Å². The summed E-state index contributed by atoms with van der Waals surface area (Å²) in [6.45, 7) is 2.21. The Bertz CT molecular complexity index is 1420.